The first-order valence-corrected chi connectivity index (χ1v) is 17.1. The van der Waals surface area contributed by atoms with E-state index in [2.05, 4.69) is 153 Å². The minimum absolute atomic E-state index is 0. The maximum absolute atomic E-state index is 6.63. The molecule has 3 aromatic heterocycles. The predicted molar refractivity (Wildman–Crippen MR) is 202 cm³/mol. The molecule has 6 heteroatoms. The Hall–Kier alpha value is -4.50. The smallest absolute Gasteiger partial charge is 0.509 e. The van der Waals surface area contributed by atoms with Crippen molar-refractivity contribution in [1.29, 1.82) is 0 Å². The van der Waals surface area contributed by atoms with Crippen LogP contribution in [0.2, 0.25) is 0 Å². The van der Waals surface area contributed by atoms with Gasteiger partial charge < -0.3 is 9.30 Å². The number of para-hydroxylation sites is 1. The standard InChI is InChI=1S/C44H44N4O.Pd/c1-26(2)32-21-34(48-31(7)43(30(6)46-48)42-28(4)19-27(3)20-29(42)5)24-36(22-32)49-35-15-16-38-37-13-11-12-14-39(37)47(40(38)25-35)41-23-33(17-18-45-41)44(8,9)10;/h11-23,26H,1-10H3;/q-2;+2. The predicted octanol–water partition coefficient (Wildman–Crippen LogP) is 11.4. The zero-order valence-corrected chi connectivity index (χ0v) is 32.2. The van der Waals surface area contributed by atoms with Crippen LogP contribution in [-0.2, 0) is 25.8 Å². The van der Waals surface area contributed by atoms with Crippen molar-refractivity contribution in [2.45, 2.75) is 80.6 Å². The maximum atomic E-state index is 6.63. The Labute approximate surface area is 310 Å². The topological polar surface area (TPSA) is 44.9 Å². The van der Waals surface area contributed by atoms with E-state index in [-0.39, 0.29) is 31.8 Å². The Morgan fingerprint density at radius 1 is 0.760 bits per heavy atom. The third-order valence-electron chi connectivity index (χ3n) is 9.58. The summed E-state index contributed by atoms with van der Waals surface area (Å²) in [6, 6.07) is 32.8. The van der Waals surface area contributed by atoms with Gasteiger partial charge in [-0.3, -0.25) is 4.68 Å². The van der Waals surface area contributed by atoms with E-state index in [4.69, 9.17) is 14.8 Å². The van der Waals surface area contributed by atoms with Gasteiger partial charge in [-0.25, -0.2) is 4.98 Å². The van der Waals surface area contributed by atoms with Crippen LogP contribution in [0.1, 0.15) is 79.7 Å². The number of pyridine rings is 1. The third kappa shape index (κ3) is 6.32. The molecule has 7 rings (SSSR count). The first kappa shape index (κ1) is 35.3. The van der Waals surface area contributed by atoms with Crippen molar-refractivity contribution in [3.63, 3.8) is 0 Å². The number of fused-ring (bicyclic) bond motifs is 3. The van der Waals surface area contributed by atoms with Gasteiger partial charge in [0.15, 0.2) is 0 Å². The molecule has 50 heavy (non-hydrogen) atoms. The number of hydrogen-bond acceptors (Lipinski definition) is 3. The van der Waals surface area contributed by atoms with Crippen molar-refractivity contribution >= 4 is 21.8 Å². The molecule has 0 amide bonds. The van der Waals surface area contributed by atoms with E-state index in [0.717, 1.165) is 50.3 Å². The van der Waals surface area contributed by atoms with E-state index in [0.29, 0.717) is 11.5 Å². The number of ether oxygens (including phenoxy) is 1. The van der Waals surface area contributed by atoms with Crippen LogP contribution >= 0.6 is 0 Å². The number of rotatable bonds is 6. The minimum Gasteiger partial charge on any atom is -0.509 e. The van der Waals surface area contributed by atoms with Gasteiger partial charge in [0, 0.05) is 34.5 Å². The van der Waals surface area contributed by atoms with Crippen LogP contribution in [0.15, 0.2) is 79.0 Å². The molecule has 0 bridgehead atoms. The summed E-state index contributed by atoms with van der Waals surface area (Å²) in [6.07, 6.45) is 1.90. The molecule has 0 saturated heterocycles. The fourth-order valence-corrected chi connectivity index (χ4v) is 7.16. The van der Waals surface area contributed by atoms with E-state index in [9.17, 15) is 0 Å². The Morgan fingerprint density at radius 3 is 2.18 bits per heavy atom. The molecule has 4 aromatic carbocycles. The second kappa shape index (κ2) is 13.3. The monoisotopic (exact) mass is 750 g/mol. The van der Waals surface area contributed by atoms with Gasteiger partial charge in [0.2, 0.25) is 0 Å². The maximum Gasteiger partial charge on any atom is 2.00 e. The summed E-state index contributed by atoms with van der Waals surface area (Å²) in [5, 5.41) is 7.31. The van der Waals surface area contributed by atoms with Crippen LogP contribution in [0, 0.1) is 46.8 Å². The Morgan fingerprint density at radius 2 is 1.48 bits per heavy atom. The molecule has 0 aliphatic heterocycles. The summed E-state index contributed by atoms with van der Waals surface area (Å²) in [6.45, 7) is 21.8. The number of aromatic nitrogens is 4. The van der Waals surface area contributed by atoms with E-state index < -0.39 is 0 Å². The second-order valence-electron chi connectivity index (χ2n) is 14.7. The molecule has 0 N–H and O–H groups in total. The van der Waals surface area contributed by atoms with Crippen molar-refractivity contribution < 1.29 is 25.2 Å². The van der Waals surface area contributed by atoms with Crippen LogP contribution in [0.3, 0.4) is 0 Å². The molecule has 0 radical (unpaired) electrons. The molecule has 256 valence electrons. The largest absolute Gasteiger partial charge is 2.00 e. The van der Waals surface area contributed by atoms with Gasteiger partial charge in [0.25, 0.3) is 0 Å². The molecule has 0 atom stereocenters. The molecule has 3 heterocycles. The van der Waals surface area contributed by atoms with Gasteiger partial charge in [0.1, 0.15) is 5.82 Å². The molecule has 0 fully saturated rings. The fraction of sp³-hybridized carbons (Fsp3) is 0.273. The van der Waals surface area contributed by atoms with Crippen LogP contribution in [0.5, 0.6) is 11.5 Å². The summed E-state index contributed by atoms with van der Waals surface area (Å²) in [5.41, 5.74) is 13.5. The summed E-state index contributed by atoms with van der Waals surface area (Å²) < 4.78 is 10.8. The van der Waals surface area contributed by atoms with Crippen LogP contribution in [0.4, 0.5) is 0 Å². The molecule has 0 aliphatic rings. The summed E-state index contributed by atoms with van der Waals surface area (Å²) in [4.78, 5) is 4.83. The van der Waals surface area contributed by atoms with E-state index in [1.165, 1.54) is 33.4 Å². The van der Waals surface area contributed by atoms with Crippen molar-refractivity contribution in [1.82, 2.24) is 19.3 Å². The summed E-state index contributed by atoms with van der Waals surface area (Å²) in [7, 11) is 0. The first-order valence-electron chi connectivity index (χ1n) is 17.1. The quantitative estimate of drug-likeness (QED) is 0.126. The van der Waals surface area contributed by atoms with Crippen molar-refractivity contribution in [3.05, 3.63) is 130 Å². The Kier molecular flexibility index (Phi) is 9.42. The van der Waals surface area contributed by atoms with Crippen LogP contribution in [-0.4, -0.2) is 19.3 Å². The number of benzene rings is 4. The van der Waals surface area contributed by atoms with Gasteiger partial charge >= 0.3 is 20.4 Å². The molecule has 7 aromatic rings. The molecule has 0 spiro atoms. The van der Waals surface area contributed by atoms with Gasteiger partial charge in [-0.15, -0.1) is 41.3 Å². The zero-order chi connectivity index (χ0) is 34.8. The molecule has 0 saturated carbocycles. The van der Waals surface area contributed by atoms with E-state index >= 15 is 0 Å². The number of aryl methyl sites for hydroxylation is 4. The van der Waals surface area contributed by atoms with Crippen molar-refractivity contribution in [2.75, 3.05) is 0 Å². The first-order chi connectivity index (χ1) is 23.3. The fourth-order valence-electron chi connectivity index (χ4n) is 7.16. The van der Waals surface area contributed by atoms with E-state index in [1.807, 2.05) is 16.9 Å². The Bertz CT molecular complexity index is 2370. The minimum atomic E-state index is -0.00651. The number of hydrogen-bond donors (Lipinski definition) is 0. The zero-order valence-electron chi connectivity index (χ0n) is 30.6. The molecular weight excluding hydrogens is 707 g/mol. The van der Waals surface area contributed by atoms with Crippen molar-refractivity contribution in [3.8, 4) is 34.1 Å². The van der Waals surface area contributed by atoms with Gasteiger partial charge in [-0.1, -0.05) is 76.0 Å². The van der Waals surface area contributed by atoms with Crippen LogP contribution < -0.4 is 4.74 Å². The summed E-state index contributed by atoms with van der Waals surface area (Å²) in [5.74, 6) is 2.39. The van der Waals surface area contributed by atoms with Gasteiger partial charge in [-0.05, 0) is 97.5 Å². The van der Waals surface area contributed by atoms with Gasteiger partial charge in [0.05, 0.1) is 5.69 Å². The van der Waals surface area contributed by atoms with E-state index in [1.54, 1.807) is 0 Å². The number of nitrogens with zero attached hydrogens (tertiary/aromatic N) is 4. The SMILES string of the molecule is Cc1cc(C)c(-c2c(C)nn(-c3[c-]c(Oc4[c-]c5c(cc4)c4ccccc4n5-c4cc(C(C)(C)C)ccn4)cc(C(C)C)c3)c2C)c(C)c1.[Pd+2]. The van der Waals surface area contributed by atoms with Gasteiger partial charge in [-0.2, -0.15) is 11.2 Å². The van der Waals surface area contributed by atoms with Crippen molar-refractivity contribution in [2.24, 2.45) is 0 Å². The average molecular weight is 751 g/mol. The molecular formula is C44H44N4OPd. The molecule has 5 nitrogen and oxygen atoms in total. The normalized spacial score (nSPS) is 11.8. The summed E-state index contributed by atoms with van der Waals surface area (Å²) >= 11 is 0. The second-order valence-corrected chi connectivity index (χ2v) is 14.7. The molecule has 0 unspecified atom stereocenters. The molecule has 0 aliphatic carbocycles. The Balaban J connectivity index is 0.00000432. The third-order valence-corrected chi connectivity index (χ3v) is 9.58. The average Bonchev–Trinajstić information content (AvgIpc) is 3.53. The van der Waals surface area contributed by atoms with Crippen LogP contribution in [0.25, 0.3) is 44.4 Å².